The summed E-state index contributed by atoms with van der Waals surface area (Å²) in [7, 11) is 1.55. The number of anilines is 1. The van der Waals surface area contributed by atoms with Crippen molar-refractivity contribution in [2.75, 3.05) is 25.6 Å². The van der Waals surface area contributed by atoms with E-state index in [1.807, 2.05) is 42.5 Å². The number of halogens is 1. The molecule has 1 aliphatic rings. The van der Waals surface area contributed by atoms with E-state index < -0.39 is 6.09 Å². The summed E-state index contributed by atoms with van der Waals surface area (Å²) < 4.78 is 10.5. The van der Waals surface area contributed by atoms with Crippen LogP contribution in [-0.2, 0) is 20.9 Å². The van der Waals surface area contributed by atoms with Crippen molar-refractivity contribution in [1.82, 2.24) is 4.90 Å². The molecule has 1 saturated heterocycles. The zero-order chi connectivity index (χ0) is 19.9. The fourth-order valence-electron chi connectivity index (χ4n) is 2.90. The number of rotatable bonds is 6. The predicted octanol–water partition coefficient (Wildman–Crippen LogP) is 4.22. The number of nitrogens with zero attached hydrogens (tertiary/aromatic N) is 1. The van der Waals surface area contributed by atoms with E-state index in [9.17, 15) is 9.59 Å². The molecular weight excluding hydrogens is 380 g/mol. The normalized spacial score (nSPS) is 15.5. The largest absolute Gasteiger partial charge is 0.444 e. The minimum absolute atomic E-state index is 0.121. The highest BCUT2D eigenvalue weighted by atomic mass is 35.5. The first-order valence-corrected chi connectivity index (χ1v) is 9.22. The highest BCUT2D eigenvalue weighted by molar-refractivity contribution is 6.30. The fourth-order valence-corrected chi connectivity index (χ4v) is 3.02. The summed E-state index contributed by atoms with van der Waals surface area (Å²) in [6, 6.07) is 16.5. The molecule has 2 aromatic rings. The molecule has 1 aliphatic heterocycles. The summed E-state index contributed by atoms with van der Waals surface area (Å²) in [4.78, 5) is 26.2. The topological polar surface area (TPSA) is 67.9 Å². The third-order valence-electron chi connectivity index (χ3n) is 4.31. The van der Waals surface area contributed by atoms with E-state index in [2.05, 4.69) is 5.32 Å². The highest BCUT2D eigenvalue weighted by Crippen LogP contribution is 2.24. The van der Waals surface area contributed by atoms with E-state index in [1.54, 1.807) is 19.2 Å². The van der Waals surface area contributed by atoms with E-state index >= 15 is 0 Å². The Morgan fingerprint density at radius 1 is 1.14 bits per heavy atom. The van der Waals surface area contributed by atoms with Crippen LogP contribution in [0.3, 0.4) is 0 Å². The average molecular weight is 401 g/mol. The molecule has 2 amide bonds. The van der Waals surface area contributed by atoms with Crippen molar-refractivity contribution in [1.29, 1.82) is 0 Å². The summed E-state index contributed by atoms with van der Waals surface area (Å²) in [6.07, 6.45) is -0.217. The lowest BCUT2D eigenvalue weighted by molar-refractivity contribution is -0.123. The second-order valence-electron chi connectivity index (χ2n) is 6.27. The van der Waals surface area contributed by atoms with Gasteiger partial charge in [-0.1, -0.05) is 41.9 Å². The predicted molar refractivity (Wildman–Crippen MR) is 107 cm³/mol. The first-order valence-electron chi connectivity index (χ1n) is 8.84. The van der Waals surface area contributed by atoms with Gasteiger partial charge in [-0.2, -0.15) is 0 Å². The van der Waals surface area contributed by atoms with Crippen LogP contribution in [0.1, 0.15) is 12.0 Å². The minimum Gasteiger partial charge on any atom is -0.444 e. The molecule has 0 saturated carbocycles. The quantitative estimate of drug-likeness (QED) is 0.735. The summed E-state index contributed by atoms with van der Waals surface area (Å²) in [5, 5.41) is 3.81. The van der Waals surface area contributed by atoms with Gasteiger partial charge in [-0.3, -0.25) is 4.79 Å². The molecular formula is C21H21ClN2O4. The van der Waals surface area contributed by atoms with Crippen LogP contribution in [0, 0.1) is 0 Å². The van der Waals surface area contributed by atoms with Crippen LogP contribution in [0.15, 0.2) is 65.9 Å². The SMILES string of the molecule is COC/C(Nc1ccc(Cl)cc1)=C1\CCN(C(=O)OCc2ccccc2)C1=O. The Morgan fingerprint density at radius 3 is 2.54 bits per heavy atom. The fraction of sp³-hybridized carbons (Fsp3) is 0.238. The highest BCUT2D eigenvalue weighted by Gasteiger charge is 2.34. The van der Waals surface area contributed by atoms with Crippen LogP contribution in [-0.4, -0.2) is 37.2 Å². The zero-order valence-electron chi connectivity index (χ0n) is 15.5. The Morgan fingerprint density at radius 2 is 1.86 bits per heavy atom. The van der Waals surface area contributed by atoms with Gasteiger partial charge in [0.05, 0.1) is 12.3 Å². The van der Waals surface area contributed by atoms with Crippen molar-refractivity contribution in [3.8, 4) is 0 Å². The Bertz CT molecular complexity index is 866. The number of benzene rings is 2. The van der Waals surface area contributed by atoms with Gasteiger partial charge in [0, 0.05) is 29.9 Å². The molecule has 0 bridgehead atoms. The van der Waals surface area contributed by atoms with Crippen LogP contribution < -0.4 is 5.32 Å². The Hall–Kier alpha value is -2.83. The summed E-state index contributed by atoms with van der Waals surface area (Å²) >= 11 is 5.91. The van der Waals surface area contributed by atoms with E-state index in [0.717, 1.165) is 16.2 Å². The van der Waals surface area contributed by atoms with Gasteiger partial charge >= 0.3 is 6.09 Å². The summed E-state index contributed by atoms with van der Waals surface area (Å²) in [6.45, 7) is 0.615. The summed E-state index contributed by atoms with van der Waals surface area (Å²) in [5.41, 5.74) is 2.77. The van der Waals surface area contributed by atoms with Crippen molar-refractivity contribution in [3.05, 3.63) is 76.5 Å². The molecule has 0 unspecified atom stereocenters. The van der Waals surface area contributed by atoms with Gasteiger partial charge in [-0.15, -0.1) is 0 Å². The molecule has 0 spiro atoms. The Kier molecular flexibility index (Phi) is 6.68. The van der Waals surface area contributed by atoms with Crippen molar-refractivity contribution in [2.45, 2.75) is 13.0 Å². The maximum Gasteiger partial charge on any atom is 0.417 e. The first kappa shape index (κ1) is 19.9. The molecule has 7 heteroatoms. The number of imide groups is 1. The lowest BCUT2D eigenvalue weighted by Gasteiger charge is -2.15. The number of hydrogen-bond donors (Lipinski definition) is 1. The number of amides is 2. The Balaban J connectivity index is 1.69. The molecule has 0 atom stereocenters. The lowest BCUT2D eigenvalue weighted by atomic mass is 10.1. The molecule has 1 N–H and O–H groups in total. The number of likely N-dealkylation sites (tertiary alicyclic amines) is 1. The zero-order valence-corrected chi connectivity index (χ0v) is 16.2. The maximum absolute atomic E-state index is 12.8. The third-order valence-corrected chi connectivity index (χ3v) is 4.56. The maximum atomic E-state index is 12.8. The molecule has 1 fully saturated rings. The van der Waals surface area contributed by atoms with Crippen molar-refractivity contribution < 1.29 is 19.1 Å². The van der Waals surface area contributed by atoms with Gasteiger partial charge in [0.2, 0.25) is 0 Å². The van der Waals surface area contributed by atoms with E-state index in [1.165, 1.54) is 0 Å². The van der Waals surface area contributed by atoms with Crippen LogP contribution >= 0.6 is 11.6 Å². The molecule has 0 aliphatic carbocycles. The van der Waals surface area contributed by atoms with Crippen LogP contribution in [0.4, 0.5) is 10.5 Å². The second kappa shape index (κ2) is 9.39. The first-order chi connectivity index (χ1) is 13.6. The summed E-state index contributed by atoms with van der Waals surface area (Å²) in [5.74, 6) is -0.369. The van der Waals surface area contributed by atoms with Gasteiger partial charge < -0.3 is 14.8 Å². The number of ether oxygens (including phenoxy) is 2. The van der Waals surface area contributed by atoms with Gasteiger partial charge in [0.15, 0.2) is 0 Å². The smallest absolute Gasteiger partial charge is 0.417 e. The van der Waals surface area contributed by atoms with Gasteiger partial charge in [0.25, 0.3) is 5.91 Å². The standard InChI is InChI=1S/C21H21ClN2O4/c1-27-14-19(23-17-9-7-16(22)8-10-17)18-11-12-24(20(18)25)21(26)28-13-15-5-3-2-4-6-15/h2-10,23H,11-14H2,1H3/b19-18-. The van der Waals surface area contributed by atoms with Crippen LogP contribution in [0.2, 0.25) is 5.02 Å². The molecule has 1 heterocycles. The van der Waals surface area contributed by atoms with E-state index in [4.69, 9.17) is 21.1 Å². The monoisotopic (exact) mass is 400 g/mol. The lowest BCUT2D eigenvalue weighted by Crippen LogP contribution is -2.33. The molecule has 0 aromatic heterocycles. The second-order valence-corrected chi connectivity index (χ2v) is 6.71. The number of methoxy groups -OCH3 is 1. The molecule has 28 heavy (non-hydrogen) atoms. The van der Waals surface area contributed by atoms with Crippen LogP contribution in [0.5, 0.6) is 0 Å². The molecule has 2 aromatic carbocycles. The Labute approximate surface area is 168 Å². The minimum atomic E-state index is -0.646. The van der Waals surface area contributed by atoms with Gasteiger partial charge in [0.1, 0.15) is 6.61 Å². The van der Waals surface area contributed by atoms with Crippen LogP contribution in [0.25, 0.3) is 0 Å². The number of hydrogen-bond acceptors (Lipinski definition) is 5. The van der Waals surface area contributed by atoms with Crippen molar-refractivity contribution in [2.24, 2.45) is 0 Å². The van der Waals surface area contributed by atoms with E-state index in [-0.39, 0.29) is 25.7 Å². The molecule has 3 rings (SSSR count). The molecule has 146 valence electrons. The average Bonchev–Trinajstić information content (AvgIpc) is 3.09. The van der Waals surface area contributed by atoms with Gasteiger partial charge in [-0.05, 0) is 36.2 Å². The molecule has 6 nitrogen and oxygen atoms in total. The van der Waals surface area contributed by atoms with Crippen molar-refractivity contribution in [3.63, 3.8) is 0 Å². The number of nitrogens with one attached hydrogen (secondary N) is 1. The van der Waals surface area contributed by atoms with Crippen molar-refractivity contribution >= 4 is 29.3 Å². The molecule has 0 radical (unpaired) electrons. The van der Waals surface area contributed by atoms with Gasteiger partial charge in [-0.25, -0.2) is 9.69 Å². The number of carbonyl (C=O) groups excluding carboxylic acids is 2. The van der Waals surface area contributed by atoms with E-state index in [0.29, 0.717) is 22.7 Å². The third kappa shape index (κ3) is 4.91. The number of carbonyl (C=O) groups is 2.